The molecule has 0 saturated heterocycles. The summed E-state index contributed by atoms with van der Waals surface area (Å²) in [5, 5.41) is 4.43. The van der Waals surface area contributed by atoms with Crippen molar-refractivity contribution in [1.82, 2.24) is 14.8 Å². The third kappa shape index (κ3) is 1.97. The predicted molar refractivity (Wildman–Crippen MR) is 85.9 cm³/mol. The zero-order valence-electron chi connectivity index (χ0n) is 12.5. The van der Waals surface area contributed by atoms with E-state index in [1.807, 2.05) is 41.1 Å². The Labute approximate surface area is 133 Å². The number of nitrogens with zero attached hydrogens (tertiary/aromatic N) is 3. The number of rotatable bonds is 3. The van der Waals surface area contributed by atoms with Crippen LogP contribution in [0.25, 0.3) is 0 Å². The third-order valence-corrected chi connectivity index (χ3v) is 4.47. The van der Waals surface area contributed by atoms with Gasteiger partial charge in [-0.3, -0.25) is 4.79 Å². The van der Waals surface area contributed by atoms with Gasteiger partial charge in [0.2, 0.25) is 5.82 Å². The number of primary amides is 1. The van der Waals surface area contributed by atoms with Crippen molar-refractivity contribution < 1.29 is 4.79 Å². The molecule has 2 N–H and O–H groups in total. The van der Waals surface area contributed by atoms with Crippen LogP contribution in [0.4, 0.5) is 0 Å². The fourth-order valence-corrected chi connectivity index (χ4v) is 3.44. The highest BCUT2D eigenvalue weighted by Crippen LogP contribution is 2.42. The van der Waals surface area contributed by atoms with Gasteiger partial charge in [0.1, 0.15) is 11.4 Å². The lowest BCUT2D eigenvalue weighted by Gasteiger charge is -2.31. The minimum absolute atomic E-state index is 0.0796. The summed E-state index contributed by atoms with van der Waals surface area (Å²) < 4.78 is 1.87. The summed E-state index contributed by atoms with van der Waals surface area (Å²) in [6.07, 6.45) is 1.61. The highest BCUT2D eigenvalue weighted by atomic mass is 16.1. The average molecular weight is 304 g/mol. The lowest BCUT2D eigenvalue weighted by atomic mass is 9.81. The maximum Gasteiger partial charge on any atom is 0.288 e. The summed E-state index contributed by atoms with van der Waals surface area (Å²) in [6, 6.07) is 20.4. The molecular weight excluding hydrogens is 288 g/mol. The third-order valence-electron chi connectivity index (χ3n) is 4.47. The number of benzene rings is 2. The number of carbonyl (C=O) groups excluding carboxylic acids is 1. The first-order valence-electron chi connectivity index (χ1n) is 7.59. The standard InChI is InChI=1S/C18H16N4O/c19-16(23)17-20-15-11-12-18(22(15)21-17,13-7-3-1-4-8-13)14-9-5-2-6-10-14/h1-10H,11-12H2,(H2,19,23). The van der Waals surface area contributed by atoms with E-state index >= 15 is 0 Å². The highest BCUT2D eigenvalue weighted by Gasteiger charge is 2.44. The van der Waals surface area contributed by atoms with E-state index in [0.29, 0.717) is 0 Å². The van der Waals surface area contributed by atoms with Gasteiger partial charge in [0.05, 0.1) is 0 Å². The summed E-state index contributed by atoms with van der Waals surface area (Å²) in [5.41, 5.74) is 7.18. The number of hydrogen-bond donors (Lipinski definition) is 1. The van der Waals surface area contributed by atoms with Gasteiger partial charge in [-0.2, -0.15) is 0 Å². The Kier molecular flexibility index (Phi) is 3.01. The van der Waals surface area contributed by atoms with Gasteiger partial charge in [-0.1, -0.05) is 60.7 Å². The summed E-state index contributed by atoms with van der Waals surface area (Å²) >= 11 is 0. The van der Waals surface area contributed by atoms with Crippen molar-refractivity contribution in [3.8, 4) is 0 Å². The van der Waals surface area contributed by atoms with E-state index in [0.717, 1.165) is 29.8 Å². The quantitative estimate of drug-likeness (QED) is 0.805. The molecule has 0 spiro atoms. The maximum absolute atomic E-state index is 11.5. The van der Waals surface area contributed by atoms with E-state index in [4.69, 9.17) is 5.73 Å². The number of hydrogen-bond acceptors (Lipinski definition) is 3. The Morgan fingerprint density at radius 1 is 1.00 bits per heavy atom. The van der Waals surface area contributed by atoms with E-state index in [-0.39, 0.29) is 5.82 Å². The normalized spacial score (nSPS) is 15.3. The van der Waals surface area contributed by atoms with E-state index in [1.165, 1.54) is 0 Å². The molecule has 0 atom stereocenters. The molecule has 1 aromatic heterocycles. The molecule has 0 aliphatic carbocycles. The van der Waals surface area contributed by atoms with Crippen LogP contribution in [0.1, 0.15) is 34.0 Å². The summed E-state index contributed by atoms with van der Waals surface area (Å²) in [4.78, 5) is 15.8. The molecule has 114 valence electrons. The van der Waals surface area contributed by atoms with Crippen LogP contribution < -0.4 is 5.73 Å². The zero-order chi connectivity index (χ0) is 15.9. The van der Waals surface area contributed by atoms with Gasteiger partial charge < -0.3 is 5.73 Å². The molecule has 0 radical (unpaired) electrons. The van der Waals surface area contributed by atoms with Gasteiger partial charge in [0.15, 0.2) is 0 Å². The smallest absolute Gasteiger partial charge is 0.288 e. The van der Waals surface area contributed by atoms with E-state index < -0.39 is 11.4 Å². The molecule has 23 heavy (non-hydrogen) atoms. The largest absolute Gasteiger partial charge is 0.363 e. The van der Waals surface area contributed by atoms with Crippen molar-refractivity contribution >= 4 is 5.91 Å². The maximum atomic E-state index is 11.5. The molecule has 1 aliphatic rings. The van der Waals surface area contributed by atoms with Crippen LogP contribution >= 0.6 is 0 Å². The van der Waals surface area contributed by atoms with Crippen LogP contribution in [0, 0.1) is 0 Å². The molecule has 1 aliphatic heterocycles. The van der Waals surface area contributed by atoms with Crippen LogP contribution in [-0.2, 0) is 12.0 Å². The molecule has 5 nitrogen and oxygen atoms in total. The number of fused-ring (bicyclic) bond motifs is 1. The van der Waals surface area contributed by atoms with Crippen molar-refractivity contribution in [3.63, 3.8) is 0 Å². The van der Waals surface area contributed by atoms with Crippen molar-refractivity contribution in [2.45, 2.75) is 18.4 Å². The molecule has 0 unspecified atom stereocenters. The van der Waals surface area contributed by atoms with Crippen LogP contribution in [0.5, 0.6) is 0 Å². The second-order valence-corrected chi connectivity index (χ2v) is 5.72. The molecule has 2 heterocycles. The van der Waals surface area contributed by atoms with Gasteiger partial charge in [0.25, 0.3) is 5.91 Å². The Balaban J connectivity index is 1.99. The van der Waals surface area contributed by atoms with Gasteiger partial charge in [-0.05, 0) is 17.5 Å². The fourth-order valence-electron chi connectivity index (χ4n) is 3.44. The summed E-state index contributed by atoms with van der Waals surface area (Å²) in [5.74, 6) is 0.282. The number of aryl methyl sites for hydroxylation is 1. The minimum atomic E-state index is -0.595. The Morgan fingerprint density at radius 3 is 2.09 bits per heavy atom. The van der Waals surface area contributed by atoms with Crippen LogP contribution in [0.3, 0.4) is 0 Å². The molecule has 1 amide bonds. The molecule has 0 fully saturated rings. The van der Waals surface area contributed by atoms with Crippen molar-refractivity contribution in [2.24, 2.45) is 5.73 Å². The topological polar surface area (TPSA) is 73.8 Å². The molecule has 0 bridgehead atoms. The van der Waals surface area contributed by atoms with E-state index in [9.17, 15) is 4.79 Å². The number of carbonyl (C=O) groups is 1. The SMILES string of the molecule is NC(=O)c1nc2n(n1)C(c1ccccc1)(c1ccccc1)CC2. The molecule has 5 heteroatoms. The van der Waals surface area contributed by atoms with Gasteiger partial charge in [-0.15, -0.1) is 5.10 Å². The molecular formula is C18H16N4O. The van der Waals surface area contributed by atoms with Crippen molar-refractivity contribution in [1.29, 1.82) is 0 Å². The number of amides is 1. The van der Waals surface area contributed by atoms with Gasteiger partial charge in [0, 0.05) is 6.42 Å². The molecule has 4 rings (SSSR count). The first kappa shape index (κ1) is 13.7. The zero-order valence-corrected chi connectivity index (χ0v) is 12.5. The van der Waals surface area contributed by atoms with E-state index in [2.05, 4.69) is 34.3 Å². The Bertz CT molecular complexity index is 816. The number of nitrogens with two attached hydrogens (primary N) is 1. The highest BCUT2D eigenvalue weighted by molar-refractivity contribution is 5.88. The van der Waals surface area contributed by atoms with E-state index in [1.54, 1.807) is 0 Å². The average Bonchev–Trinajstić information content (AvgIpc) is 3.16. The second-order valence-electron chi connectivity index (χ2n) is 5.72. The first-order valence-corrected chi connectivity index (χ1v) is 7.59. The van der Waals surface area contributed by atoms with Crippen molar-refractivity contribution in [3.05, 3.63) is 83.4 Å². The Morgan fingerprint density at radius 2 is 1.57 bits per heavy atom. The fraction of sp³-hybridized carbons (Fsp3) is 0.167. The lowest BCUT2D eigenvalue weighted by molar-refractivity contribution is 0.0989. The molecule has 2 aromatic carbocycles. The number of aromatic nitrogens is 3. The van der Waals surface area contributed by atoms with Crippen molar-refractivity contribution in [2.75, 3.05) is 0 Å². The monoisotopic (exact) mass is 304 g/mol. The lowest BCUT2D eigenvalue weighted by Crippen LogP contribution is -2.34. The molecule has 3 aromatic rings. The predicted octanol–water partition coefficient (Wildman–Crippen LogP) is 2.12. The van der Waals surface area contributed by atoms with Crippen LogP contribution in [0.2, 0.25) is 0 Å². The van der Waals surface area contributed by atoms with Gasteiger partial charge >= 0.3 is 0 Å². The molecule has 0 saturated carbocycles. The minimum Gasteiger partial charge on any atom is -0.363 e. The van der Waals surface area contributed by atoms with Crippen LogP contribution in [-0.4, -0.2) is 20.7 Å². The Hall–Kier alpha value is -2.95. The van der Waals surface area contributed by atoms with Crippen LogP contribution in [0.15, 0.2) is 60.7 Å². The second kappa shape index (κ2) is 5.05. The summed E-state index contributed by atoms with van der Waals surface area (Å²) in [7, 11) is 0. The first-order chi connectivity index (χ1) is 11.2. The van der Waals surface area contributed by atoms with Gasteiger partial charge in [-0.25, -0.2) is 9.67 Å². The summed E-state index contributed by atoms with van der Waals surface area (Å²) in [6.45, 7) is 0.